The van der Waals surface area contributed by atoms with Crippen LogP contribution >= 0.6 is 0 Å². The van der Waals surface area contributed by atoms with Crippen molar-refractivity contribution in [2.24, 2.45) is 0 Å². The predicted molar refractivity (Wildman–Crippen MR) is 81.3 cm³/mol. The summed E-state index contributed by atoms with van der Waals surface area (Å²) in [6.45, 7) is 0. The highest BCUT2D eigenvalue weighted by molar-refractivity contribution is 7.86. The number of hydrogen-bond acceptors (Lipinski definition) is 6. The largest absolute Gasteiger partial charge is 0.493 e. The molecule has 0 amide bonds. The van der Waals surface area contributed by atoms with Gasteiger partial charge in [-0.2, -0.15) is 8.42 Å². The van der Waals surface area contributed by atoms with Gasteiger partial charge in [-0.05, 0) is 30.3 Å². The number of nitrogens with one attached hydrogen (secondary N) is 1. The zero-order valence-electron chi connectivity index (χ0n) is 11.9. The van der Waals surface area contributed by atoms with Gasteiger partial charge in [0.15, 0.2) is 17.1 Å². The van der Waals surface area contributed by atoms with E-state index in [1.54, 1.807) is 18.3 Å². The standard InChI is InChI=1S/C14H13N3O4S/c1-20-12-8-9(5-6-11(12)21-22(2,18)19)13-16-10-4-3-7-15-14(10)17-13/h3-8H,1-2H3,(H,15,16,17). The van der Waals surface area contributed by atoms with Gasteiger partial charge < -0.3 is 13.9 Å². The lowest BCUT2D eigenvalue weighted by Crippen LogP contribution is -2.06. The Morgan fingerprint density at radius 1 is 1.18 bits per heavy atom. The Morgan fingerprint density at radius 2 is 2.00 bits per heavy atom. The molecule has 7 nitrogen and oxygen atoms in total. The molecule has 114 valence electrons. The first-order valence-electron chi connectivity index (χ1n) is 6.35. The molecular weight excluding hydrogens is 306 g/mol. The molecule has 0 unspecified atom stereocenters. The summed E-state index contributed by atoms with van der Waals surface area (Å²) in [4.78, 5) is 11.7. The van der Waals surface area contributed by atoms with Crippen molar-refractivity contribution in [2.45, 2.75) is 0 Å². The summed E-state index contributed by atoms with van der Waals surface area (Å²) >= 11 is 0. The van der Waals surface area contributed by atoms with E-state index in [-0.39, 0.29) is 5.75 Å². The molecule has 22 heavy (non-hydrogen) atoms. The number of imidazole rings is 1. The topological polar surface area (TPSA) is 94.2 Å². The van der Waals surface area contributed by atoms with Crippen LogP contribution < -0.4 is 8.92 Å². The fraction of sp³-hybridized carbons (Fsp3) is 0.143. The van der Waals surface area contributed by atoms with Gasteiger partial charge in [0.05, 0.1) is 18.9 Å². The summed E-state index contributed by atoms with van der Waals surface area (Å²) in [5.74, 6) is 1.04. The third kappa shape index (κ3) is 2.86. The van der Waals surface area contributed by atoms with Crippen LogP contribution in [0.15, 0.2) is 36.5 Å². The maximum Gasteiger partial charge on any atom is 0.306 e. The molecule has 0 bridgehead atoms. The van der Waals surface area contributed by atoms with Crippen molar-refractivity contribution in [3.8, 4) is 22.9 Å². The van der Waals surface area contributed by atoms with E-state index in [0.29, 0.717) is 17.2 Å². The molecule has 0 aliphatic heterocycles. The molecule has 2 aromatic heterocycles. The number of nitrogens with zero attached hydrogens (tertiary/aromatic N) is 2. The average molecular weight is 319 g/mol. The van der Waals surface area contributed by atoms with E-state index in [4.69, 9.17) is 8.92 Å². The lowest BCUT2D eigenvalue weighted by Gasteiger charge is -2.09. The Hall–Kier alpha value is -2.61. The fourth-order valence-corrected chi connectivity index (χ4v) is 2.49. The first kappa shape index (κ1) is 14.3. The molecule has 0 spiro atoms. The highest BCUT2D eigenvalue weighted by Gasteiger charge is 2.13. The third-order valence-electron chi connectivity index (χ3n) is 2.94. The number of fused-ring (bicyclic) bond motifs is 1. The second-order valence-electron chi connectivity index (χ2n) is 4.61. The molecule has 0 atom stereocenters. The quantitative estimate of drug-likeness (QED) is 0.739. The fourth-order valence-electron chi connectivity index (χ4n) is 2.03. The molecule has 3 rings (SSSR count). The Kier molecular flexibility index (Phi) is 3.45. The molecule has 1 aromatic carbocycles. The minimum absolute atomic E-state index is 0.128. The summed E-state index contributed by atoms with van der Waals surface area (Å²) in [5, 5.41) is 0. The van der Waals surface area contributed by atoms with Crippen molar-refractivity contribution in [3.63, 3.8) is 0 Å². The number of methoxy groups -OCH3 is 1. The van der Waals surface area contributed by atoms with Crippen LogP contribution in [0.5, 0.6) is 11.5 Å². The van der Waals surface area contributed by atoms with Crippen LogP contribution in [0.1, 0.15) is 0 Å². The van der Waals surface area contributed by atoms with Gasteiger partial charge in [-0.3, -0.25) is 0 Å². The molecule has 2 heterocycles. The SMILES string of the molecule is COc1cc(-c2nc3ncccc3[nH]2)ccc1OS(C)(=O)=O. The number of pyridine rings is 1. The summed E-state index contributed by atoms with van der Waals surface area (Å²) in [7, 11) is -2.18. The number of hydrogen-bond donors (Lipinski definition) is 1. The van der Waals surface area contributed by atoms with E-state index in [1.165, 1.54) is 13.2 Å². The van der Waals surface area contributed by atoms with Crippen molar-refractivity contribution in [1.29, 1.82) is 0 Å². The first-order valence-corrected chi connectivity index (χ1v) is 8.16. The average Bonchev–Trinajstić information content (AvgIpc) is 2.90. The number of rotatable bonds is 4. The van der Waals surface area contributed by atoms with Gasteiger partial charge in [0.1, 0.15) is 5.82 Å². The maximum absolute atomic E-state index is 11.2. The first-order chi connectivity index (χ1) is 10.5. The lowest BCUT2D eigenvalue weighted by molar-refractivity contribution is 0.391. The van der Waals surface area contributed by atoms with Crippen LogP contribution in [0.2, 0.25) is 0 Å². The summed E-state index contributed by atoms with van der Waals surface area (Å²) < 4.78 is 32.5. The molecule has 0 saturated carbocycles. The van der Waals surface area contributed by atoms with Gasteiger partial charge in [-0.1, -0.05) is 0 Å². The van der Waals surface area contributed by atoms with Gasteiger partial charge >= 0.3 is 10.1 Å². The van der Waals surface area contributed by atoms with Crippen molar-refractivity contribution >= 4 is 21.3 Å². The Bertz CT molecular complexity index is 901. The van der Waals surface area contributed by atoms with E-state index in [9.17, 15) is 8.42 Å². The van der Waals surface area contributed by atoms with Crippen LogP contribution in [-0.2, 0) is 10.1 Å². The van der Waals surface area contributed by atoms with Crippen LogP contribution in [0, 0.1) is 0 Å². The molecule has 3 aromatic rings. The van der Waals surface area contributed by atoms with Gasteiger partial charge in [0.2, 0.25) is 0 Å². The van der Waals surface area contributed by atoms with Crippen LogP contribution in [0.3, 0.4) is 0 Å². The number of aromatic amines is 1. The summed E-state index contributed by atoms with van der Waals surface area (Å²) in [6, 6.07) is 8.56. The van der Waals surface area contributed by atoms with Crippen LogP contribution in [0.4, 0.5) is 0 Å². The molecule has 0 radical (unpaired) electrons. The van der Waals surface area contributed by atoms with Crippen molar-refractivity contribution in [1.82, 2.24) is 15.0 Å². The minimum Gasteiger partial charge on any atom is -0.493 e. The lowest BCUT2D eigenvalue weighted by atomic mass is 10.2. The number of benzene rings is 1. The molecule has 0 fully saturated rings. The second kappa shape index (κ2) is 5.30. The van der Waals surface area contributed by atoms with E-state index in [0.717, 1.165) is 17.3 Å². The van der Waals surface area contributed by atoms with E-state index >= 15 is 0 Å². The van der Waals surface area contributed by atoms with Crippen LogP contribution in [0.25, 0.3) is 22.6 Å². The van der Waals surface area contributed by atoms with Crippen molar-refractivity contribution in [2.75, 3.05) is 13.4 Å². The van der Waals surface area contributed by atoms with Gasteiger partial charge in [0, 0.05) is 11.8 Å². The third-order valence-corrected chi connectivity index (χ3v) is 3.42. The minimum atomic E-state index is -3.62. The molecule has 0 aliphatic carbocycles. The zero-order valence-corrected chi connectivity index (χ0v) is 12.7. The summed E-state index contributed by atoms with van der Waals surface area (Å²) in [5.41, 5.74) is 2.15. The Labute approximate surface area is 127 Å². The van der Waals surface area contributed by atoms with E-state index in [2.05, 4.69) is 15.0 Å². The number of ether oxygens (including phenoxy) is 1. The highest BCUT2D eigenvalue weighted by atomic mass is 32.2. The molecule has 0 saturated heterocycles. The van der Waals surface area contributed by atoms with Crippen LogP contribution in [-0.4, -0.2) is 36.7 Å². The molecule has 1 N–H and O–H groups in total. The van der Waals surface area contributed by atoms with Gasteiger partial charge in [0.25, 0.3) is 0 Å². The number of H-pyrrole nitrogens is 1. The normalized spacial score (nSPS) is 11.5. The Morgan fingerprint density at radius 3 is 2.68 bits per heavy atom. The van der Waals surface area contributed by atoms with Crippen molar-refractivity contribution in [3.05, 3.63) is 36.5 Å². The van der Waals surface area contributed by atoms with Crippen molar-refractivity contribution < 1.29 is 17.3 Å². The van der Waals surface area contributed by atoms with Gasteiger partial charge in [-0.25, -0.2) is 9.97 Å². The second-order valence-corrected chi connectivity index (χ2v) is 6.19. The highest BCUT2D eigenvalue weighted by Crippen LogP contribution is 2.32. The molecular formula is C14H13N3O4S. The molecule has 0 aliphatic rings. The van der Waals surface area contributed by atoms with Gasteiger partial charge in [-0.15, -0.1) is 0 Å². The van der Waals surface area contributed by atoms with E-state index in [1.807, 2.05) is 12.1 Å². The predicted octanol–water partition coefficient (Wildman–Crippen LogP) is 1.97. The molecule has 8 heteroatoms. The smallest absolute Gasteiger partial charge is 0.306 e. The summed E-state index contributed by atoms with van der Waals surface area (Å²) in [6.07, 6.45) is 2.64. The maximum atomic E-state index is 11.2. The zero-order chi connectivity index (χ0) is 15.7. The van der Waals surface area contributed by atoms with E-state index < -0.39 is 10.1 Å². The number of aromatic nitrogens is 3. The monoisotopic (exact) mass is 319 g/mol. The Balaban J connectivity index is 2.04.